The van der Waals surface area contributed by atoms with Gasteiger partial charge in [0.05, 0.1) is 0 Å². The highest BCUT2D eigenvalue weighted by Crippen LogP contribution is 2.46. The molecule has 18 heavy (non-hydrogen) atoms. The minimum atomic E-state index is -0.366. The Labute approximate surface area is 105 Å². The maximum absolute atomic E-state index is 12.1. The van der Waals surface area contributed by atoms with Crippen molar-refractivity contribution in [3.05, 3.63) is 11.8 Å². The summed E-state index contributed by atoms with van der Waals surface area (Å²) in [6.45, 7) is 5.76. The number of nitrogens with zero attached hydrogens (tertiary/aromatic N) is 3. The van der Waals surface area contributed by atoms with E-state index in [9.17, 15) is 4.79 Å². The molecule has 0 aromatic carbocycles. The zero-order valence-corrected chi connectivity index (χ0v) is 11.1. The molecule has 1 aromatic heterocycles. The summed E-state index contributed by atoms with van der Waals surface area (Å²) in [7, 11) is 1.40. The second-order valence-electron chi connectivity index (χ2n) is 5.12. The summed E-state index contributed by atoms with van der Waals surface area (Å²) in [5.41, 5.74) is 0.246. The Morgan fingerprint density at radius 2 is 2.11 bits per heavy atom. The number of carbonyl (C=O) groups is 1. The number of carbonyl (C=O) groups excluding carboxylic acids is 1. The molecule has 6 heteroatoms. The van der Waals surface area contributed by atoms with Crippen molar-refractivity contribution in [2.24, 2.45) is 11.1 Å². The van der Waals surface area contributed by atoms with Crippen LogP contribution in [0.1, 0.15) is 50.2 Å². The number of Topliss-reactive ketones (excluding diaryl/α,β-unsaturated/α-hetero) is 1. The van der Waals surface area contributed by atoms with Crippen molar-refractivity contribution in [3.8, 4) is 0 Å². The van der Waals surface area contributed by atoms with E-state index in [0.717, 1.165) is 12.8 Å². The largest absolute Gasteiger partial charge is 0.417 e. The van der Waals surface area contributed by atoms with E-state index in [1.165, 1.54) is 7.11 Å². The third-order valence-electron chi connectivity index (χ3n) is 3.10. The molecule has 1 fully saturated rings. The first kappa shape index (κ1) is 12.7. The Bertz CT molecular complexity index is 487. The predicted molar refractivity (Wildman–Crippen MR) is 64.5 cm³/mol. The molecular weight excluding hydrogens is 234 g/mol. The number of aromatic nitrogens is 2. The molecule has 0 radical (unpaired) electrons. The van der Waals surface area contributed by atoms with Gasteiger partial charge in [-0.15, -0.1) is 10.2 Å². The van der Waals surface area contributed by atoms with Gasteiger partial charge in [0, 0.05) is 11.3 Å². The molecule has 0 amide bonds. The monoisotopic (exact) mass is 251 g/mol. The number of rotatable bonds is 5. The van der Waals surface area contributed by atoms with E-state index in [1.54, 1.807) is 0 Å². The lowest BCUT2D eigenvalue weighted by atomic mass is 10.0. The number of hydrogen-bond donors (Lipinski definition) is 0. The van der Waals surface area contributed by atoms with Gasteiger partial charge in [-0.3, -0.25) is 4.79 Å². The zero-order valence-electron chi connectivity index (χ0n) is 11.1. The summed E-state index contributed by atoms with van der Waals surface area (Å²) >= 11 is 0. The molecule has 0 unspecified atom stereocenters. The lowest BCUT2D eigenvalue weighted by Gasteiger charge is -2.04. The molecular formula is C12H17N3O3. The van der Waals surface area contributed by atoms with Crippen LogP contribution in [0.4, 0.5) is 0 Å². The first-order valence-electron chi connectivity index (χ1n) is 5.97. The van der Waals surface area contributed by atoms with E-state index in [0.29, 0.717) is 5.89 Å². The summed E-state index contributed by atoms with van der Waals surface area (Å²) < 4.78 is 5.44. The van der Waals surface area contributed by atoms with E-state index < -0.39 is 0 Å². The van der Waals surface area contributed by atoms with Crippen LogP contribution in [0, 0.1) is 5.92 Å². The van der Waals surface area contributed by atoms with Gasteiger partial charge in [0.2, 0.25) is 5.89 Å². The molecule has 6 nitrogen and oxygen atoms in total. The second-order valence-corrected chi connectivity index (χ2v) is 5.12. The highest BCUT2D eigenvalue weighted by molar-refractivity contribution is 6.45. The van der Waals surface area contributed by atoms with Crippen molar-refractivity contribution in [3.63, 3.8) is 0 Å². The van der Waals surface area contributed by atoms with Gasteiger partial charge in [0.25, 0.3) is 11.7 Å². The molecule has 0 N–H and O–H groups in total. The summed E-state index contributed by atoms with van der Waals surface area (Å²) in [6, 6.07) is 0. The van der Waals surface area contributed by atoms with Crippen LogP contribution in [0.3, 0.4) is 0 Å². The number of ketones is 1. The standard InChI is InChI=1S/C12H17N3O3/c1-7(2)8(15-17-4)9(16)10-13-14-11(18-10)12(3)5-6-12/h7H,5-6H2,1-4H3/b15-8-. The fraction of sp³-hybridized carbons (Fsp3) is 0.667. The van der Waals surface area contributed by atoms with Crippen LogP contribution in [-0.4, -0.2) is 28.8 Å². The van der Waals surface area contributed by atoms with E-state index in [2.05, 4.69) is 20.2 Å². The zero-order chi connectivity index (χ0) is 13.3. The highest BCUT2D eigenvalue weighted by Gasteiger charge is 2.44. The lowest BCUT2D eigenvalue weighted by Crippen LogP contribution is -2.21. The van der Waals surface area contributed by atoms with Crippen LogP contribution >= 0.6 is 0 Å². The van der Waals surface area contributed by atoms with Crippen LogP contribution in [0.5, 0.6) is 0 Å². The Kier molecular flexibility index (Phi) is 3.19. The van der Waals surface area contributed by atoms with Gasteiger partial charge in [-0.1, -0.05) is 25.9 Å². The van der Waals surface area contributed by atoms with E-state index in [4.69, 9.17) is 4.42 Å². The van der Waals surface area contributed by atoms with Crippen LogP contribution in [-0.2, 0) is 10.3 Å². The molecule has 0 atom stereocenters. The molecule has 1 heterocycles. The highest BCUT2D eigenvalue weighted by atomic mass is 16.6. The minimum absolute atomic E-state index is 0.0115. The van der Waals surface area contributed by atoms with Crippen LogP contribution in [0.15, 0.2) is 9.57 Å². The Morgan fingerprint density at radius 1 is 1.44 bits per heavy atom. The third-order valence-corrected chi connectivity index (χ3v) is 3.10. The molecule has 2 rings (SSSR count). The van der Waals surface area contributed by atoms with Gasteiger partial charge < -0.3 is 9.25 Å². The lowest BCUT2D eigenvalue weighted by molar-refractivity contribution is 0.101. The van der Waals surface area contributed by atoms with E-state index >= 15 is 0 Å². The molecule has 0 saturated heterocycles. The van der Waals surface area contributed by atoms with Crippen molar-refractivity contribution in [1.29, 1.82) is 0 Å². The van der Waals surface area contributed by atoms with Crippen molar-refractivity contribution < 1.29 is 14.0 Å². The predicted octanol–water partition coefficient (Wildman–Crippen LogP) is 1.96. The van der Waals surface area contributed by atoms with Gasteiger partial charge in [-0.25, -0.2) is 0 Å². The van der Waals surface area contributed by atoms with Gasteiger partial charge >= 0.3 is 0 Å². The third kappa shape index (κ3) is 2.27. The van der Waals surface area contributed by atoms with Gasteiger partial charge in [0.1, 0.15) is 12.8 Å². The fourth-order valence-electron chi connectivity index (χ4n) is 1.58. The molecule has 0 spiro atoms. The Hall–Kier alpha value is -1.72. The van der Waals surface area contributed by atoms with Crippen molar-refractivity contribution in [1.82, 2.24) is 10.2 Å². The van der Waals surface area contributed by atoms with Crippen molar-refractivity contribution >= 4 is 11.5 Å². The summed E-state index contributed by atoms with van der Waals surface area (Å²) in [6.07, 6.45) is 2.04. The minimum Gasteiger partial charge on any atom is -0.417 e. The topological polar surface area (TPSA) is 77.6 Å². The molecule has 0 bridgehead atoms. The Balaban J connectivity index is 2.23. The van der Waals surface area contributed by atoms with Crippen LogP contribution in [0.25, 0.3) is 0 Å². The summed E-state index contributed by atoms with van der Waals surface area (Å²) in [4.78, 5) is 16.8. The molecule has 1 aliphatic carbocycles. The average Bonchev–Trinajstić information content (AvgIpc) is 2.90. The van der Waals surface area contributed by atoms with Gasteiger partial charge in [-0.05, 0) is 12.8 Å². The average molecular weight is 251 g/mol. The van der Waals surface area contributed by atoms with Gasteiger partial charge in [-0.2, -0.15) is 0 Å². The van der Waals surface area contributed by atoms with E-state index in [1.807, 2.05) is 20.8 Å². The first-order valence-corrected chi connectivity index (χ1v) is 5.97. The maximum atomic E-state index is 12.1. The molecule has 1 aromatic rings. The molecule has 98 valence electrons. The fourth-order valence-corrected chi connectivity index (χ4v) is 1.58. The maximum Gasteiger partial charge on any atom is 0.290 e. The Morgan fingerprint density at radius 3 is 2.61 bits per heavy atom. The van der Waals surface area contributed by atoms with E-state index in [-0.39, 0.29) is 28.7 Å². The first-order chi connectivity index (χ1) is 8.48. The van der Waals surface area contributed by atoms with Crippen LogP contribution in [0.2, 0.25) is 0 Å². The smallest absolute Gasteiger partial charge is 0.290 e. The number of hydrogen-bond acceptors (Lipinski definition) is 6. The van der Waals surface area contributed by atoms with Crippen molar-refractivity contribution in [2.75, 3.05) is 7.11 Å². The molecule has 1 aliphatic rings. The molecule has 0 aliphatic heterocycles. The van der Waals surface area contributed by atoms with Crippen LogP contribution < -0.4 is 0 Å². The quantitative estimate of drug-likeness (QED) is 0.454. The summed E-state index contributed by atoms with van der Waals surface area (Å²) in [5, 5.41) is 11.5. The summed E-state index contributed by atoms with van der Waals surface area (Å²) in [5.74, 6) is 0.0909. The number of oxime groups is 1. The SMILES string of the molecule is CO/N=C(\C(=O)c1nnc(C2(C)CC2)o1)C(C)C. The second kappa shape index (κ2) is 4.51. The van der Waals surface area contributed by atoms with Crippen molar-refractivity contribution in [2.45, 2.75) is 39.0 Å². The molecule has 1 saturated carbocycles. The van der Waals surface area contributed by atoms with Gasteiger partial charge in [0.15, 0.2) is 0 Å². The normalized spacial score (nSPS) is 17.9.